The van der Waals surface area contributed by atoms with E-state index in [-0.39, 0.29) is 11.5 Å². The molecule has 1 saturated carbocycles. The van der Waals surface area contributed by atoms with Gasteiger partial charge in [0.2, 0.25) is 0 Å². The molecule has 0 radical (unpaired) electrons. The molecule has 0 aromatic rings. The number of rotatable bonds is 3. The summed E-state index contributed by atoms with van der Waals surface area (Å²) in [4.78, 5) is 5.29. The minimum absolute atomic E-state index is 0.0693. The summed E-state index contributed by atoms with van der Waals surface area (Å²) in [7, 11) is 0. The van der Waals surface area contributed by atoms with E-state index in [1.807, 2.05) is 6.92 Å². The molecule has 1 heterocycles. The van der Waals surface area contributed by atoms with E-state index in [4.69, 9.17) is 16.4 Å². The van der Waals surface area contributed by atoms with Crippen LogP contribution >= 0.6 is 11.6 Å². The molecule has 2 rings (SSSR count). The van der Waals surface area contributed by atoms with Gasteiger partial charge in [-0.15, -0.1) is 11.6 Å². The molecule has 0 N–H and O–H groups in total. The lowest BCUT2D eigenvalue weighted by atomic mass is 9.97. The fraction of sp³-hybridized carbons (Fsp3) is 0.909. The van der Waals surface area contributed by atoms with Crippen molar-refractivity contribution in [2.24, 2.45) is 11.1 Å². The Balaban J connectivity index is 1.77. The maximum absolute atomic E-state index is 5.97. The minimum Gasteiger partial charge on any atom is -0.391 e. The molecule has 14 heavy (non-hydrogen) atoms. The van der Waals surface area contributed by atoms with E-state index in [0.717, 1.165) is 18.8 Å². The van der Waals surface area contributed by atoms with Crippen molar-refractivity contribution in [1.29, 1.82) is 0 Å². The number of oxime groups is 1. The van der Waals surface area contributed by atoms with Crippen molar-refractivity contribution in [3.63, 3.8) is 0 Å². The molecule has 2 aliphatic rings. The van der Waals surface area contributed by atoms with Gasteiger partial charge in [-0.1, -0.05) is 30.8 Å². The Labute approximate surface area is 90.6 Å². The molecule has 0 aromatic heterocycles. The zero-order valence-electron chi connectivity index (χ0n) is 8.71. The number of hydrogen-bond acceptors (Lipinski definition) is 2. The van der Waals surface area contributed by atoms with Crippen LogP contribution in [-0.2, 0) is 4.84 Å². The average Bonchev–Trinajstić information content (AvgIpc) is 2.75. The zero-order valence-corrected chi connectivity index (χ0v) is 9.46. The van der Waals surface area contributed by atoms with Crippen LogP contribution in [0.2, 0.25) is 0 Å². The molecule has 1 aliphatic heterocycles. The van der Waals surface area contributed by atoms with Gasteiger partial charge < -0.3 is 4.84 Å². The Kier molecular flexibility index (Phi) is 3.32. The van der Waals surface area contributed by atoms with Gasteiger partial charge in [-0.05, 0) is 19.3 Å². The van der Waals surface area contributed by atoms with Crippen LogP contribution in [0, 0.1) is 5.92 Å². The Morgan fingerprint density at radius 1 is 1.50 bits per heavy atom. The van der Waals surface area contributed by atoms with Crippen molar-refractivity contribution >= 4 is 17.3 Å². The molecule has 0 amide bonds. The molecule has 2 unspecified atom stereocenters. The summed E-state index contributed by atoms with van der Waals surface area (Å²) < 4.78 is 0. The molecule has 0 spiro atoms. The van der Waals surface area contributed by atoms with Gasteiger partial charge in [0.1, 0.15) is 6.10 Å². The fourth-order valence-electron chi connectivity index (χ4n) is 2.36. The Bertz CT molecular complexity index is 221. The molecule has 1 fully saturated rings. The third-order valence-corrected chi connectivity index (χ3v) is 3.55. The highest BCUT2D eigenvalue weighted by atomic mass is 35.5. The highest BCUT2D eigenvalue weighted by Crippen LogP contribution is 2.30. The van der Waals surface area contributed by atoms with Crippen molar-refractivity contribution in [3.8, 4) is 0 Å². The first kappa shape index (κ1) is 10.3. The molecule has 0 bridgehead atoms. The second kappa shape index (κ2) is 4.52. The van der Waals surface area contributed by atoms with Crippen LogP contribution in [0.25, 0.3) is 0 Å². The molecular weight excluding hydrogens is 198 g/mol. The van der Waals surface area contributed by atoms with Crippen LogP contribution in [0.4, 0.5) is 0 Å². The van der Waals surface area contributed by atoms with Gasteiger partial charge in [-0.3, -0.25) is 0 Å². The second-order valence-electron chi connectivity index (χ2n) is 4.54. The third-order valence-electron chi connectivity index (χ3n) is 3.27. The van der Waals surface area contributed by atoms with Crippen LogP contribution in [0.1, 0.15) is 45.4 Å². The molecule has 1 aliphatic carbocycles. The topological polar surface area (TPSA) is 21.6 Å². The maximum atomic E-state index is 5.97. The van der Waals surface area contributed by atoms with E-state index in [1.165, 1.54) is 31.4 Å². The van der Waals surface area contributed by atoms with Crippen LogP contribution in [0.15, 0.2) is 5.16 Å². The Morgan fingerprint density at radius 2 is 2.21 bits per heavy atom. The molecule has 2 nitrogen and oxygen atoms in total. The van der Waals surface area contributed by atoms with E-state index in [2.05, 4.69) is 5.16 Å². The van der Waals surface area contributed by atoms with Crippen molar-refractivity contribution in [2.45, 2.75) is 56.9 Å². The number of hydrogen-bond donors (Lipinski definition) is 0. The number of alkyl halides is 1. The molecule has 0 saturated heterocycles. The Hall–Kier alpha value is -0.240. The minimum atomic E-state index is 0.0693. The summed E-state index contributed by atoms with van der Waals surface area (Å²) in [6.45, 7) is 1.97. The highest BCUT2D eigenvalue weighted by Gasteiger charge is 2.27. The largest absolute Gasteiger partial charge is 0.391 e. The fourth-order valence-corrected chi connectivity index (χ4v) is 2.50. The first-order valence-electron chi connectivity index (χ1n) is 5.61. The lowest BCUT2D eigenvalue weighted by Crippen LogP contribution is -2.18. The predicted octanol–water partition coefficient (Wildman–Crippen LogP) is 3.34. The monoisotopic (exact) mass is 215 g/mol. The van der Waals surface area contributed by atoms with Gasteiger partial charge in [0.05, 0.1) is 11.1 Å². The molecule has 3 heteroatoms. The van der Waals surface area contributed by atoms with Crippen LogP contribution in [0.3, 0.4) is 0 Å². The summed E-state index contributed by atoms with van der Waals surface area (Å²) in [5, 5.41) is 4.20. The van der Waals surface area contributed by atoms with E-state index >= 15 is 0 Å². The summed E-state index contributed by atoms with van der Waals surface area (Å²) in [6.07, 6.45) is 7.75. The Morgan fingerprint density at radius 3 is 2.79 bits per heavy atom. The van der Waals surface area contributed by atoms with Crippen LogP contribution in [0.5, 0.6) is 0 Å². The number of halogens is 1. The SMILES string of the molecule is CC(Cl)C1CC(CC2CCCC2)=NO1. The summed E-state index contributed by atoms with van der Waals surface area (Å²) in [6, 6.07) is 0. The second-order valence-corrected chi connectivity index (χ2v) is 5.23. The van der Waals surface area contributed by atoms with Gasteiger partial charge in [0.25, 0.3) is 0 Å². The summed E-state index contributed by atoms with van der Waals surface area (Å²) in [5.74, 6) is 0.863. The molecule has 80 valence electrons. The van der Waals surface area contributed by atoms with E-state index in [1.54, 1.807) is 0 Å². The highest BCUT2D eigenvalue weighted by molar-refractivity contribution is 6.21. The van der Waals surface area contributed by atoms with E-state index < -0.39 is 0 Å². The third kappa shape index (κ3) is 2.41. The van der Waals surface area contributed by atoms with E-state index in [0.29, 0.717) is 0 Å². The van der Waals surface area contributed by atoms with Crippen molar-refractivity contribution in [3.05, 3.63) is 0 Å². The standard InChI is InChI=1S/C11H18ClNO/c1-8(12)11-7-10(13-14-11)6-9-4-2-3-5-9/h8-9,11H,2-7H2,1H3. The van der Waals surface area contributed by atoms with Crippen LogP contribution < -0.4 is 0 Å². The molecular formula is C11H18ClNO. The smallest absolute Gasteiger partial charge is 0.148 e. The quantitative estimate of drug-likeness (QED) is 0.662. The first-order valence-corrected chi connectivity index (χ1v) is 6.05. The lowest BCUT2D eigenvalue weighted by molar-refractivity contribution is 0.0854. The zero-order chi connectivity index (χ0) is 9.97. The van der Waals surface area contributed by atoms with E-state index in [9.17, 15) is 0 Å². The van der Waals surface area contributed by atoms with Gasteiger partial charge in [0.15, 0.2) is 0 Å². The summed E-state index contributed by atoms with van der Waals surface area (Å²) in [5.41, 5.74) is 1.23. The molecule has 2 atom stereocenters. The van der Waals surface area contributed by atoms with Gasteiger partial charge in [0, 0.05) is 6.42 Å². The van der Waals surface area contributed by atoms with Gasteiger partial charge >= 0.3 is 0 Å². The van der Waals surface area contributed by atoms with Crippen molar-refractivity contribution in [2.75, 3.05) is 0 Å². The number of nitrogens with zero attached hydrogens (tertiary/aromatic N) is 1. The predicted molar refractivity (Wildman–Crippen MR) is 58.8 cm³/mol. The molecule has 0 aromatic carbocycles. The van der Waals surface area contributed by atoms with Gasteiger partial charge in [-0.2, -0.15) is 0 Å². The van der Waals surface area contributed by atoms with Crippen molar-refractivity contribution in [1.82, 2.24) is 0 Å². The average molecular weight is 216 g/mol. The normalized spacial score (nSPS) is 30.1. The summed E-state index contributed by atoms with van der Waals surface area (Å²) >= 11 is 5.97. The lowest BCUT2D eigenvalue weighted by Gasteiger charge is -2.10. The van der Waals surface area contributed by atoms with Crippen LogP contribution in [-0.4, -0.2) is 17.2 Å². The van der Waals surface area contributed by atoms with Gasteiger partial charge in [-0.25, -0.2) is 0 Å². The maximum Gasteiger partial charge on any atom is 0.148 e. The first-order chi connectivity index (χ1) is 6.75. The van der Waals surface area contributed by atoms with Crippen molar-refractivity contribution < 1.29 is 4.84 Å².